The van der Waals surface area contributed by atoms with Crippen LogP contribution in [0, 0.1) is 0 Å². The van der Waals surface area contributed by atoms with Crippen molar-refractivity contribution in [1.82, 2.24) is 4.98 Å². The van der Waals surface area contributed by atoms with E-state index in [0.717, 1.165) is 6.20 Å². The summed E-state index contributed by atoms with van der Waals surface area (Å²) in [5.41, 5.74) is 2.15. The predicted molar refractivity (Wildman–Crippen MR) is 46.3 cm³/mol. The number of hydrogen-bond donors (Lipinski definition) is 1. The molecule has 0 saturated carbocycles. The average molecular weight is 291 g/mol. The minimum Gasteiger partial charge on any atom is -0.383 e. The van der Waals surface area contributed by atoms with Crippen LogP contribution in [-0.2, 0) is 6.18 Å². The number of rotatable bonds is 1. The summed E-state index contributed by atoms with van der Waals surface area (Å²) >= 11 is 2.58. The zero-order chi connectivity index (χ0) is 11.8. The maximum atomic E-state index is 12.4. The first-order valence-corrected chi connectivity index (χ1v) is 4.33. The summed E-state index contributed by atoms with van der Waals surface area (Å²) in [7, 11) is 0. The van der Waals surface area contributed by atoms with Gasteiger partial charge in [-0.15, -0.1) is 0 Å². The topological polar surface area (TPSA) is 38.9 Å². The van der Waals surface area contributed by atoms with Gasteiger partial charge >= 0.3 is 6.18 Å². The van der Waals surface area contributed by atoms with Crippen molar-refractivity contribution in [2.75, 3.05) is 5.73 Å². The molecule has 0 saturated heterocycles. The molecule has 0 aliphatic carbocycles. The highest BCUT2D eigenvalue weighted by atomic mass is 79.9. The van der Waals surface area contributed by atoms with E-state index in [1.807, 2.05) is 0 Å². The van der Waals surface area contributed by atoms with Gasteiger partial charge in [0.2, 0.25) is 0 Å². The van der Waals surface area contributed by atoms with Crippen LogP contribution < -0.4 is 5.73 Å². The number of anilines is 1. The maximum absolute atomic E-state index is 12.4. The Balaban J connectivity index is 3.53. The highest BCUT2D eigenvalue weighted by Crippen LogP contribution is 2.41. The predicted octanol–water partition coefficient (Wildman–Crippen LogP) is 3.38. The number of alkyl halides is 5. The van der Waals surface area contributed by atoms with Gasteiger partial charge in [0.25, 0.3) is 6.43 Å². The van der Waals surface area contributed by atoms with Gasteiger partial charge in [-0.25, -0.2) is 13.8 Å². The average Bonchev–Trinajstić information content (AvgIpc) is 2.05. The summed E-state index contributed by atoms with van der Waals surface area (Å²) < 4.78 is 61.5. The first-order valence-electron chi connectivity index (χ1n) is 3.54. The molecule has 1 rings (SSSR count). The van der Waals surface area contributed by atoms with Crippen molar-refractivity contribution in [3.05, 3.63) is 21.8 Å². The van der Waals surface area contributed by atoms with Gasteiger partial charge in [0.05, 0.1) is 0 Å². The molecule has 1 aromatic rings. The lowest BCUT2D eigenvalue weighted by molar-refractivity contribution is -0.139. The lowest BCUT2D eigenvalue weighted by Crippen LogP contribution is -2.15. The van der Waals surface area contributed by atoms with Crippen LogP contribution in [-0.4, -0.2) is 4.98 Å². The summed E-state index contributed by atoms with van der Waals surface area (Å²) in [6, 6.07) is 0. The minimum absolute atomic E-state index is 0.418. The summed E-state index contributed by atoms with van der Waals surface area (Å²) in [5.74, 6) is -0.957. The van der Waals surface area contributed by atoms with Crippen LogP contribution in [0.4, 0.5) is 27.8 Å². The number of pyridine rings is 1. The second-order valence-electron chi connectivity index (χ2n) is 2.58. The number of halogens is 6. The number of nitrogens with two attached hydrogens (primary N) is 1. The van der Waals surface area contributed by atoms with Gasteiger partial charge < -0.3 is 5.73 Å². The fourth-order valence-electron chi connectivity index (χ4n) is 1.03. The number of nitrogen functional groups attached to an aromatic ring is 1. The van der Waals surface area contributed by atoms with Crippen molar-refractivity contribution in [3.63, 3.8) is 0 Å². The van der Waals surface area contributed by atoms with Crippen molar-refractivity contribution in [3.8, 4) is 0 Å². The third-order valence-electron chi connectivity index (χ3n) is 1.60. The van der Waals surface area contributed by atoms with E-state index in [0.29, 0.717) is 0 Å². The normalized spacial score (nSPS) is 12.2. The van der Waals surface area contributed by atoms with Crippen LogP contribution in [0.15, 0.2) is 10.7 Å². The van der Waals surface area contributed by atoms with E-state index in [9.17, 15) is 22.0 Å². The van der Waals surface area contributed by atoms with E-state index >= 15 is 0 Å². The molecule has 1 aromatic heterocycles. The van der Waals surface area contributed by atoms with Gasteiger partial charge in [0.1, 0.15) is 11.4 Å². The van der Waals surface area contributed by atoms with E-state index in [1.165, 1.54) is 0 Å². The Hall–Kier alpha value is -0.920. The van der Waals surface area contributed by atoms with Crippen molar-refractivity contribution in [1.29, 1.82) is 0 Å². The summed E-state index contributed by atoms with van der Waals surface area (Å²) in [5, 5.41) is 0. The van der Waals surface area contributed by atoms with E-state index < -0.39 is 34.0 Å². The van der Waals surface area contributed by atoms with E-state index in [-0.39, 0.29) is 0 Å². The molecule has 0 amide bonds. The molecule has 15 heavy (non-hydrogen) atoms. The number of hydrogen-bond acceptors (Lipinski definition) is 2. The summed E-state index contributed by atoms with van der Waals surface area (Å²) in [6.45, 7) is 0. The van der Waals surface area contributed by atoms with Crippen LogP contribution in [0.5, 0.6) is 0 Å². The van der Waals surface area contributed by atoms with Crippen LogP contribution in [0.1, 0.15) is 17.6 Å². The third-order valence-corrected chi connectivity index (χ3v) is 2.23. The molecule has 0 fully saturated rings. The molecule has 0 unspecified atom stereocenters. The zero-order valence-corrected chi connectivity index (χ0v) is 8.53. The molecule has 0 aromatic carbocycles. The highest BCUT2D eigenvalue weighted by molar-refractivity contribution is 9.10. The molecular weight excluding hydrogens is 287 g/mol. The Morgan fingerprint density at radius 3 is 2.20 bits per heavy atom. The van der Waals surface area contributed by atoms with Gasteiger partial charge in [-0.05, 0) is 15.9 Å². The van der Waals surface area contributed by atoms with Gasteiger partial charge in [-0.2, -0.15) is 13.2 Å². The first-order chi connectivity index (χ1) is 6.75. The molecule has 2 nitrogen and oxygen atoms in total. The molecule has 8 heteroatoms. The Labute approximate surface area is 89.4 Å². The molecular formula is C7H4BrF5N2. The minimum atomic E-state index is -4.95. The van der Waals surface area contributed by atoms with Gasteiger partial charge in [0.15, 0.2) is 0 Å². The largest absolute Gasteiger partial charge is 0.420 e. The molecule has 0 aliphatic heterocycles. The highest BCUT2D eigenvalue weighted by Gasteiger charge is 2.39. The second kappa shape index (κ2) is 3.92. The van der Waals surface area contributed by atoms with Gasteiger partial charge in [-0.3, -0.25) is 0 Å². The van der Waals surface area contributed by atoms with E-state index in [2.05, 4.69) is 20.9 Å². The Morgan fingerprint density at radius 1 is 1.33 bits per heavy atom. The number of nitrogens with zero attached hydrogens (tertiary/aromatic N) is 1. The fraction of sp³-hybridized carbons (Fsp3) is 0.286. The number of aromatic nitrogens is 1. The molecule has 84 valence electrons. The first kappa shape index (κ1) is 12.2. The molecule has 0 bridgehead atoms. The lowest BCUT2D eigenvalue weighted by Gasteiger charge is -2.15. The molecule has 0 atom stereocenters. The lowest BCUT2D eigenvalue weighted by atomic mass is 10.1. The van der Waals surface area contributed by atoms with Gasteiger partial charge in [-0.1, -0.05) is 0 Å². The Bertz CT molecular complexity index is 376. The zero-order valence-electron chi connectivity index (χ0n) is 6.95. The smallest absolute Gasteiger partial charge is 0.383 e. The summed E-state index contributed by atoms with van der Waals surface area (Å²) in [4.78, 5) is 3.17. The molecule has 0 spiro atoms. The van der Waals surface area contributed by atoms with Crippen molar-refractivity contribution < 1.29 is 22.0 Å². The van der Waals surface area contributed by atoms with Crippen LogP contribution in [0.25, 0.3) is 0 Å². The van der Waals surface area contributed by atoms with Crippen LogP contribution in [0.2, 0.25) is 0 Å². The van der Waals surface area contributed by atoms with E-state index in [4.69, 9.17) is 5.73 Å². The van der Waals surface area contributed by atoms with E-state index in [1.54, 1.807) is 0 Å². The van der Waals surface area contributed by atoms with Crippen molar-refractivity contribution >= 4 is 21.7 Å². The molecule has 1 heterocycles. The van der Waals surface area contributed by atoms with Crippen LogP contribution >= 0.6 is 15.9 Å². The van der Waals surface area contributed by atoms with Crippen molar-refractivity contribution in [2.45, 2.75) is 12.6 Å². The van der Waals surface area contributed by atoms with Crippen LogP contribution in [0.3, 0.4) is 0 Å². The van der Waals surface area contributed by atoms with Gasteiger partial charge in [0, 0.05) is 16.2 Å². The quantitative estimate of drug-likeness (QED) is 0.805. The molecule has 0 aliphatic rings. The standard InChI is InChI=1S/C7H4BrF5N2/c8-2-1-15-6(14)4(7(11,12)13)3(2)5(9)10/h1,5H,(H2,14,15). The van der Waals surface area contributed by atoms with Crippen molar-refractivity contribution in [2.24, 2.45) is 0 Å². The molecule has 0 radical (unpaired) electrons. The Morgan fingerprint density at radius 2 is 1.87 bits per heavy atom. The maximum Gasteiger partial charge on any atom is 0.420 e. The SMILES string of the molecule is Nc1ncc(Br)c(C(F)F)c1C(F)(F)F. The Kier molecular flexibility index (Phi) is 3.17. The monoisotopic (exact) mass is 290 g/mol. The summed E-state index contributed by atoms with van der Waals surface area (Å²) in [6.07, 6.45) is -7.42. The fourth-order valence-corrected chi connectivity index (χ4v) is 1.50. The molecule has 2 N–H and O–H groups in total. The second-order valence-corrected chi connectivity index (χ2v) is 3.43. The third kappa shape index (κ3) is 2.36.